The van der Waals surface area contributed by atoms with Crippen LogP contribution in [0.15, 0.2) is 12.1 Å². The zero-order valence-electron chi connectivity index (χ0n) is 9.90. The molecule has 1 fully saturated rings. The number of rotatable bonds is 2. The number of benzene rings is 1. The van der Waals surface area contributed by atoms with Crippen LogP contribution in [0.1, 0.15) is 23.1 Å². The molecule has 1 saturated heterocycles. The van der Waals surface area contributed by atoms with Crippen LogP contribution in [0.5, 0.6) is 5.75 Å². The van der Waals surface area contributed by atoms with Crippen molar-refractivity contribution in [2.24, 2.45) is 0 Å². The molecule has 88 valence electrons. The van der Waals surface area contributed by atoms with Crippen molar-refractivity contribution in [3.05, 3.63) is 28.8 Å². The number of nitrogens with zero attached hydrogens (tertiary/aromatic N) is 1. The summed E-state index contributed by atoms with van der Waals surface area (Å²) in [6.07, 6.45) is 0.639. The second kappa shape index (κ2) is 4.44. The highest BCUT2D eigenvalue weighted by Gasteiger charge is 2.20. The molecule has 1 aliphatic rings. The Labute approximate surface area is 96.3 Å². The van der Waals surface area contributed by atoms with Crippen LogP contribution in [0.25, 0.3) is 0 Å². The fraction of sp³-hybridized carbons (Fsp3) is 0.538. The van der Waals surface area contributed by atoms with E-state index in [4.69, 9.17) is 0 Å². The predicted molar refractivity (Wildman–Crippen MR) is 63.5 cm³/mol. The lowest BCUT2D eigenvalue weighted by molar-refractivity contribution is 0.174. The van der Waals surface area contributed by atoms with Gasteiger partial charge in [-0.15, -0.1) is 0 Å². The first-order valence-electron chi connectivity index (χ1n) is 5.76. The summed E-state index contributed by atoms with van der Waals surface area (Å²) >= 11 is 0. The predicted octanol–water partition coefficient (Wildman–Crippen LogP) is 1.58. The molecule has 2 rings (SSSR count). The third-order valence-electron chi connectivity index (χ3n) is 3.34. The molecule has 3 heteroatoms. The standard InChI is InChI=1S/C13H19NO2/c1-9-5-11(13(16)6-10(9)2)7-14-4-3-12(15)8-14/h5-6,12,15-16H,3-4,7-8H2,1-2H3/t12-/m1/s1. The highest BCUT2D eigenvalue weighted by atomic mass is 16.3. The highest BCUT2D eigenvalue weighted by molar-refractivity contribution is 5.40. The molecular formula is C13H19NO2. The highest BCUT2D eigenvalue weighted by Crippen LogP contribution is 2.24. The Morgan fingerprint density at radius 1 is 1.31 bits per heavy atom. The summed E-state index contributed by atoms with van der Waals surface area (Å²) in [6.45, 7) is 6.40. The van der Waals surface area contributed by atoms with Gasteiger partial charge >= 0.3 is 0 Å². The van der Waals surface area contributed by atoms with Crippen molar-refractivity contribution in [2.45, 2.75) is 32.9 Å². The fourth-order valence-electron chi connectivity index (χ4n) is 2.18. The van der Waals surface area contributed by atoms with Crippen LogP contribution < -0.4 is 0 Å². The van der Waals surface area contributed by atoms with Crippen LogP contribution in [-0.4, -0.2) is 34.3 Å². The van der Waals surface area contributed by atoms with Gasteiger partial charge in [0, 0.05) is 25.2 Å². The molecule has 0 radical (unpaired) electrons. The lowest BCUT2D eigenvalue weighted by Crippen LogP contribution is -2.21. The van der Waals surface area contributed by atoms with Gasteiger partial charge in [-0.2, -0.15) is 0 Å². The number of aryl methyl sites for hydroxylation is 2. The van der Waals surface area contributed by atoms with Gasteiger partial charge in [0.2, 0.25) is 0 Å². The van der Waals surface area contributed by atoms with Crippen molar-refractivity contribution in [1.29, 1.82) is 0 Å². The molecule has 3 nitrogen and oxygen atoms in total. The van der Waals surface area contributed by atoms with E-state index in [0.29, 0.717) is 12.3 Å². The molecule has 16 heavy (non-hydrogen) atoms. The van der Waals surface area contributed by atoms with E-state index < -0.39 is 0 Å². The van der Waals surface area contributed by atoms with Crippen molar-refractivity contribution < 1.29 is 10.2 Å². The largest absolute Gasteiger partial charge is 0.508 e. The molecule has 0 saturated carbocycles. The lowest BCUT2D eigenvalue weighted by atomic mass is 10.0. The Balaban J connectivity index is 2.12. The van der Waals surface area contributed by atoms with Gasteiger partial charge in [-0.3, -0.25) is 4.90 Å². The zero-order valence-corrected chi connectivity index (χ0v) is 9.90. The minimum atomic E-state index is -0.200. The smallest absolute Gasteiger partial charge is 0.120 e. The van der Waals surface area contributed by atoms with E-state index in [2.05, 4.69) is 11.8 Å². The molecule has 1 aromatic carbocycles. The molecule has 1 aromatic rings. The second-order valence-corrected chi connectivity index (χ2v) is 4.74. The SMILES string of the molecule is Cc1cc(O)c(CN2CC[C@@H](O)C2)cc1C. The van der Waals surface area contributed by atoms with Gasteiger partial charge in [0.15, 0.2) is 0 Å². The van der Waals surface area contributed by atoms with Gasteiger partial charge in [0.25, 0.3) is 0 Å². The van der Waals surface area contributed by atoms with Gasteiger partial charge in [-0.1, -0.05) is 6.07 Å². The molecule has 1 atom stereocenters. The van der Waals surface area contributed by atoms with Crippen molar-refractivity contribution in [1.82, 2.24) is 4.90 Å². The van der Waals surface area contributed by atoms with Crippen molar-refractivity contribution in [3.63, 3.8) is 0 Å². The summed E-state index contributed by atoms with van der Waals surface area (Å²) in [7, 11) is 0. The Kier molecular flexibility index (Phi) is 3.17. The monoisotopic (exact) mass is 221 g/mol. The molecular weight excluding hydrogens is 202 g/mol. The Morgan fingerprint density at radius 3 is 2.62 bits per heavy atom. The minimum absolute atomic E-state index is 0.200. The molecule has 0 unspecified atom stereocenters. The summed E-state index contributed by atoms with van der Waals surface area (Å²) in [5.41, 5.74) is 3.27. The van der Waals surface area contributed by atoms with E-state index in [-0.39, 0.29) is 6.10 Å². The number of hydrogen-bond donors (Lipinski definition) is 2. The van der Waals surface area contributed by atoms with Gasteiger partial charge in [0.1, 0.15) is 5.75 Å². The molecule has 0 bridgehead atoms. The summed E-state index contributed by atoms with van der Waals surface area (Å²) in [5, 5.41) is 19.3. The van der Waals surface area contributed by atoms with E-state index in [1.165, 1.54) is 5.56 Å². The average molecular weight is 221 g/mol. The van der Waals surface area contributed by atoms with Gasteiger partial charge in [-0.05, 0) is 37.5 Å². The number of hydrogen-bond acceptors (Lipinski definition) is 3. The molecule has 1 aliphatic heterocycles. The van der Waals surface area contributed by atoms with E-state index in [0.717, 1.165) is 30.6 Å². The van der Waals surface area contributed by atoms with Gasteiger partial charge < -0.3 is 10.2 Å². The van der Waals surface area contributed by atoms with Crippen molar-refractivity contribution >= 4 is 0 Å². The number of likely N-dealkylation sites (tertiary alicyclic amines) is 1. The van der Waals surface area contributed by atoms with Gasteiger partial charge in [0.05, 0.1) is 6.10 Å². The van der Waals surface area contributed by atoms with Crippen LogP contribution in [0.4, 0.5) is 0 Å². The lowest BCUT2D eigenvalue weighted by Gasteiger charge is -2.16. The van der Waals surface area contributed by atoms with E-state index in [1.54, 1.807) is 0 Å². The third kappa shape index (κ3) is 2.36. The minimum Gasteiger partial charge on any atom is -0.508 e. The maximum atomic E-state index is 9.85. The van der Waals surface area contributed by atoms with E-state index >= 15 is 0 Å². The molecule has 0 aliphatic carbocycles. The third-order valence-corrected chi connectivity index (χ3v) is 3.34. The van der Waals surface area contributed by atoms with Crippen molar-refractivity contribution in [3.8, 4) is 5.75 Å². The Bertz CT molecular complexity index is 390. The topological polar surface area (TPSA) is 43.7 Å². The van der Waals surface area contributed by atoms with E-state index in [9.17, 15) is 10.2 Å². The van der Waals surface area contributed by atoms with Crippen LogP contribution in [0, 0.1) is 13.8 Å². The first-order chi connectivity index (χ1) is 7.56. The number of aliphatic hydroxyl groups is 1. The first kappa shape index (κ1) is 11.4. The van der Waals surface area contributed by atoms with Crippen LogP contribution in [0.2, 0.25) is 0 Å². The summed E-state index contributed by atoms with van der Waals surface area (Å²) < 4.78 is 0. The maximum absolute atomic E-state index is 9.85. The number of β-amino-alcohol motifs (C(OH)–C–C–N with tert-alkyl or cyclic N) is 1. The van der Waals surface area contributed by atoms with Crippen LogP contribution in [0.3, 0.4) is 0 Å². The molecule has 0 aromatic heterocycles. The summed E-state index contributed by atoms with van der Waals surface area (Å²) in [4.78, 5) is 2.18. The normalized spacial score (nSPS) is 21.6. The number of aliphatic hydroxyl groups excluding tert-OH is 1. The van der Waals surface area contributed by atoms with Crippen LogP contribution >= 0.6 is 0 Å². The zero-order chi connectivity index (χ0) is 11.7. The molecule has 2 N–H and O–H groups in total. The maximum Gasteiger partial charge on any atom is 0.120 e. The number of phenolic OH excluding ortho intramolecular Hbond substituents is 1. The van der Waals surface area contributed by atoms with Gasteiger partial charge in [-0.25, -0.2) is 0 Å². The second-order valence-electron chi connectivity index (χ2n) is 4.74. The number of phenols is 1. The molecule has 0 spiro atoms. The summed E-state index contributed by atoms with van der Waals surface area (Å²) in [6, 6.07) is 3.85. The molecule has 1 heterocycles. The summed E-state index contributed by atoms with van der Waals surface area (Å²) in [5.74, 6) is 0.365. The Hall–Kier alpha value is -1.06. The molecule has 0 amide bonds. The fourth-order valence-corrected chi connectivity index (χ4v) is 2.18. The van der Waals surface area contributed by atoms with Crippen molar-refractivity contribution in [2.75, 3.05) is 13.1 Å². The quantitative estimate of drug-likeness (QED) is 0.797. The number of aromatic hydroxyl groups is 1. The Morgan fingerprint density at radius 2 is 2.00 bits per heavy atom. The van der Waals surface area contributed by atoms with E-state index in [1.807, 2.05) is 19.1 Å². The first-order valence-corrected chi connectivity index (χ1v) is 5.76. The van der Waals surface area contributed by atoms with Crippen LogP contribution in [-0.2, 0) is 6.54 Å². The average Bonchev–Trinajstić information content (AvgIpc) is 2.60.